The fourth-order valence-electron chi connectivity index (χ4n) is 1.97. The van der Waals surface area contributed by atoms with E-state index in [0.717, 1.165) is 16.6 Å². The first kappa shape index (κ1) is 13.3. The Morgan fingerprint density at radius 2 is 1.80 bits per heavy atom. The number of hydrogen-bond acceptors (Lipinski definition) is 2. The molecule has 0 amide bonds. The molecule has 0 bridgehead atoms. The summed E-state index contributed by atoms with van der Waals surface area (Å²) in [6.07, 6.45) is 9.54. The Morgan fingerprint density at radius 3 is 2.40 bits per heavy atom. The molecule has 0 heterocycles. The zero-order valence-corrected chi connectivity index (χ0v) is 11.1. The Hall–Kier alpha value is 0.200. The van der Waals surface area contributed by atoms with Crippen molar-refractivity contribution in [2.45, 2.75) is 51.0 Å². The summed E-state index contributed by atoms with van der Waals surface area (Å²) in [5.74, 6) is 1.04. The van der Waals surface area contributed by atoms with Gasteiger partial charge in [-0.2, -0.15) is 0 Å². The van der Waals surface area contributed by atoms with Crippen LogP contribution in [0.4, 0.5) is 0 Å². The van der Waals surface area contributed by atoms with Gasteiger partial charge in [0.05, 0.1) is 6.54 Å². The van der Waals surface area contributed by atoms with Crippen LogP contribution in [0.3, 0.4) is 0 Å². The number of nitrogens with one attached hydrogen (secondary N) is 1. The Balaban J connectivity index is 2.19. The molecule has 0 unspecified atom stereocenters. The van der Waals surface area contributed by atoms with Gasteiger partial charge >= 0.3 is 0 Å². The molecule has 4 N–H and O–H groups in total. The van der Waals surface area contributed by atoms with Crippen molar-refractivity contribution in [2.75, 3.05) is 12.3 Å². The van der Waals surface area contributed by atoms with Crippen molar-refractivity contribution in [1.29, 1.82) is 0 Å². The molecule has 1 fully saturated rings. The van der Waals surface area contributed by atoms with Gasteiger partial charge in [-0.1, -0.05) is 56.1 Å². The smallest absolute Gasteiger partial charge is 0.134 e. The summed E-state index contributed by atoms with van der Waals surface area (Å²) < 4.78 is 0.976. The zero-order valence-electron chi connectivity index (χ0n) is 9.46. The maximum absolute atomic E-state index is 5.30. The first-order valence-electron chi connectivity index (χ1n) is 6.05. The van der Waals surface area contributed by atoms with Crippen LogP contribution in [0, 0.1) is 0 Å². The average Bonchev–Trinajstić information content (AvgIpc) is 2.19. The van der Waals surface area contributed by atoms with Crippen molar-refractivity contribution in [2.24, 2.45) is 0 Å². The zero-order chi connectivity index (χ0) is 10.9. The molecule has 1 aliphatic carbocycles. The third-order valence-electron chi connectivity index (χ3n) is 2.80. The molecule has 0 aromatic rings. The Bertz CT molecular complexity index is 177. The Morgan fingerprint density at radius 1 is 1.20 bits per heavy atom. The topological polar surface area (TPSA) is 39.7 Å². The number of rotatable bonds is 3. The minimum atomic E-state index is 0.634. The third-order valence-corrected chi connectivity index (χ3v) is 4.15. The lowest BCUT2D eigenvalue weighted by atomic mass is 9.97. The van der Waals surface area contributed by atoms with Crippen LogP contribution in [0.1, 0.15) is 44.9 Å². The molecule has 2 nitrogen and oxygen atoms in total. The van der Waals surface area contributed by atoms with Crippen molar-refractivity contribution in [3.05, 3.63) is 0 Å². The van der Waals surface area contributed by atoms with Gasteiger partial charge in [0.15, 0.2) is 0 Å². The van der Waals surface area contributed by atoms with Crippen molar-refractivity contribution in [1.82, 2.24) is 5.32 Å². The Kier molecular flexibility index (Phi) is 7.40. The van der Waals surface area contributed by atoms with E-state index in [4.69, 9.17) is 12.2 Å². The van der Waals surface area contributed by atoms with E-state index >= 15 is 0 Å². The molecule has 0 saturated heterocycles. The van der Waals surface area contributed by atoms with Crippen molar-refractivity contribution < 1.29 is 5.73 Å². The van der Waals surface area contributed by atoms with Crippen LogP contribution in [-0.4, -0.2) is 22.7 Å². The second-order valence-corrected chi connectivity index (χ2v) is 5.95. The maximum atomic E-state index is 5.30. The molecular weight excluding hydrogens is 224 g/mol. The van der Waals surface area contributed by atoms with Gasteiger partial charge in [-0.15, -0.1) is 0 Å². The van der Waals surface area contributed by atoms with Gasteiger partial charge in [-0.3, -0.25) is 0 Å². The van der Waals surface area contributed by atoms with Gasteiger partial charge in [0, 0.05) is 11.8 Å². The molecule has 0 spiro atoms. The van der Waals surface area contributed by atoms with E-state index in [0.29, 0.717) is 6.04 Å². The van der Waals surface area contributed by atoms with Gasteiger partial charge in [-0.05, 0) is 12.8 Å². The molecule has 4 heteroatoms. The summed E-state index contributed by atoms with van der Waals surface area (Å²) in [5.41, 5.74) is 3.82. The van der Waals surface area contributed by atoms with Crippen LogP contribution in [0.15, 0.2) is 0 Å². The first-order valence-corrected chi connectivity index (χ1v) is 7.45. The van der Waals surface area contributed by atoms with Crippen molar-refractivity contribution in [3.63, 3.8) is 0 Å². The summed E-state index contributed by atoms with van der Waals surface area (Å²) in [7, 11) is 0. The van der Waals surface area contributed by atoms with E-state index in [1.165, 1.54) is 44.9 Å². The van der Waals surface area contributed by atoms with Gasteiger partial charge in [0.1, 0.15) is 4.32 Å². The molecule has 1 saturated carbocycles. The van der Waals surface area contributed by atoms with Gasteiger partial charge in [0.2, 0.25) is 0 Å². The minimum Gasteiger partial charge on any atom is -0.368 e. The first-order chi connectivity index (χ1) is 7.33. The highest BCUT2D eigenvalue weighted by atomic mass is 32.2. The number of hydrogen-bond donors (Lipinski definition) is 2. The summed E-state index contributed by atoms with van der Waals surface area (Å²) >= 11 is 7.04. The van der Waals surface area contributed by atoms with E-state index in [1.54, 1.807) is 11.8 Å². The lowest BCUT2D eigenvalue weighted by Gasteiger charge is -2.21. The molecule has 88 valence electrons. The summed E-state index contributed by atoms with van der Waals surface area (Å²) in [5, 5.41) is 3.49. The van der Waals surface area contributed by atoms with Crippen LogP contribution in [0.5, 0.6) is 0 Å². The van der Waals surface area contributed by atoms with Gasteiger partial charge in [0.25, 0.3) is 0 Å². The van der Waals surface area contributed by atoms with E-state index in [-0.39, 0.29) is 0 Å². The second kappa shape index (κ2) is 8.36. The standard InChI is InChI=1S/C11H22N2S2/c12-8-9-15-11(14)13-10-6-4-2-1-3-5-7-10/h10H,1-9,12H2,(H,13,14)/p+1. The summed E-state index contributed by atoms with van der Waals surface area (Å²) in [4.78, 5) is 0. The summed E-state index contributed by atoms with van der Waals surface area (Å²) in [6, 6.07) is 0.634. The predicted octanol–water partition coefficient (Wildman–Crippen LogP) is 1.95. The quantitative estimate of drug-likeness (QED) is 0.749. The molecule has 0 aliphatic heterocycles. The molecule has 0 atom stereocenters. The highest BCUT2D eigenvalue weighted by Gasteiger charge is 2.12. The lowest BCUT2D eigenvalue weighted by Crippen LogP contribution is -2.51. The van der Waals surface area contributed by atoms with Crippen LogP contribution in [0.25, 0.3) is 0 Å². The van der Waals surface area contributed by atoms with E-state index < -0.39 is 0 Å². The predicted molar refractivity (Wildman–Crippen MR) is 72.1 cm³/mol. The Labute approximate surface area is 103 Å². The molecule has 15 heavy (non-hydrogen) atoms. The normalized spacial score (nSPS) is 19.3. The third kappa shape index (κ3) is 6.38. The molecule has 1 aliphatic rings. The number of thiocarbonyl (C=S) groups is 1. The average molecular weight is 247 g/mol. The SMILES string of the molecule is [NH3+]CCSC(=S)NC1CCCCCCC1. The van der Waals surface area contributed by atoms with Crippen LogP contribution >= 0.6 is 24.0 Å². The molecule has 0 aromatic heterocycles. The van der Waals surface area contributed by atoms with Crippen LogP contribution in [0.2, 0.25) is 0 Å². The molecule has 0 radical (unpaired) electrons. The van der Waals surface area contributed by atoms with E-state index in [1.807, 2.05) is 0 Å². The fourth-order valence-corrected chi connectivity index (χ4v) is 2.97. The largest absolute Gasteiger partial charge is 0.368 e. The van der Waals surface area contributed by atoms with Crippen molar-refractivity contribution in [3.8, 4) is 0 Å². The highest BCUT2D eigenvalue weighted by Crippen LogP contribution is 2.17. The number of thioether (sulfide) groups is 1. The highest BCUT2D eigenvalue weighted by molar-refractivity contribution is 8.22. The van der Waals surface area contributed by atoms with E-state index in [2.05, 4.69) is 11.1 Å². The monoisotopic (exact) mass is 247 g/mol. The fraction of sp³-hybridized carbons (Fsp3) is 0.909. The number of quaternary nitrogens is 1. The van der Waals surface area contributed by atoms with Crippen LogP contribution in [-0.2, 0) is 0 Å². The lowest BCUT2D eigenvalue weighted by molar-refractivity contribution is -0.360. The minimum absolute atomic E-state index is 0.634. The maximum Gasteiger partial charge on any atom is 0.134 e. The summed E-state index contributed by atoms with van der Waals surface area (Å²) in [6.45, 7) is 0.956. The second-order valence-electron chi connectivity index (χ2n) is 4.18. The van der Waals surface area contributed by atoms with Gasteiger partial charge < -0.3 is 11.1 Å². The molecule has 1 rings (SSSR count). The van der Waals surface area contributed by atoms with Gasteiger partial charge in [-0.25, -0.2) is 0 Å². The van der Waals surface area contributed by atoms with E-state index in [9.17, 15) is 0 Å². The molecule has 0 aromatic carbocycles. The van der Waals surface area contributed by atoms with Crippen LogP contribution < -0.4 is 11.1 Å². The molecular formula is C11H23N2S2+. The van der Waals surface area contributed by atoms with Crippen molar-refractivity contribution >= 4 is 28.3 Å².